The molecule has 2 aromatic carbocycles. The third-order valence-electron chi connectivity index (χ3n) is 3.56. The normalized spacial score (nSPS) is 12.7. The molecule has 2 rings (SSSR count). The Labute approximate surface area is 148 Å². The molecule has 0 saturated carbocycles. The monoisotopic (exact) mass is 396 g/mol. The lowest BCUT2D eigenvalue weighted by molar-refractivity contribution is -0.358. The lowest BCUT2D eigenvalue weighted by atomic mass is 10.0. The van der Waals surface area contributed by atoms with Gasteiger partial charge in [0.05, 0.1) is 5.56 Å². The van der Waals surface area contributed by atoms with Crippen LogP contribution in [0.25, 0.3) is 11.1 Å². The number of hydrogen-bond acceptors (Lipinski definition) is 2. The van der Waals surface area contributed by atoms with Crippen LogP contribution in [-0.2, 0) is 0 Å². The molecule has 0 aliphatic heterocycles. The molecule has 10 heteroatoms. The van der Waals surface area contributed by atoms with E-state index in [0.29, 0.717) is 11.1 Å². The molecular formula is C17H11F7O3. The summed E-state index contributed by atoms with van der Waals surface area (Å²) >= 11 is 0. The predicted octanol–water partition coefficient (Wildman–Crippen LogP) is 5.26. The van der Waals surface area contributed by atoms with Crippen molar-refractivity contribution in [3.05, 3.63) is 54.1 Å². The van der Waals surface area contributed by atoms with Gasteiger partial charge in [-0.25, -0.2) is 4.79 Å². The average Bonchev–Trinajstić information content (AvgIpc) is 2.59. The highest BCUT2D eigenvalue weighted by atomic mass is 19.4. The van der Waals surface area contributed by atoms with Gasteiger partial charge < -0.3 is 9.84 Å². The Kier molecular flexibility index (Phi) is 5.39. The van der Waals surface area contributed by atoms with E-state index in [1.165, 1.54) is 36.4 Å². The Balaban J connectivity index is 2.09. The van der Waals surface area contributed by atoms with Gasteiger partial charge in [-0.2, -0.15) is 30.7 Å². The van der Waals surface area contributed by atoms with Crippen LogP contribution in [-0.4, -0.2) is 35.7 Å². The molecule has 27 heavy (non-hydrogen) atoms. The van der Waals surface area contributed by atoms with Crippen molar-refractivity contribution in [3.63, 3.8) is 0 Å². The first-order chi connectivity index (χ1) is 12.3. The van der Waals surface area contributed by atoms with Crippen LogP contribution in [0.4, 0.5) is 30.7 Å². The van der Waals surface area contributed by atoms with Gasteiger partial charge in [0.25, 0.3) is 0 Å². The highest BCUT2D eigenvalue weighted by molar-refractivity contribution is 5.88. The van der Waals surface area contributed by atoms with Crippen molar-refractivity contribution in [2.24, 2.45) is 0 Å². The zero-order valence-corrected chi connectivity index (χ0v) is 13.2. The zero-order chi connectivity index (χ0) is 20.5. The lowest BCUT2D eigenvalue weighted by Crippen LogP contribution is -2.54. The van der Waals surface area contributed by atoms with E-state index in [2.05, 4.69) is 4.74 Å². The van der Waals surface area contributed by atoms with Gasteiger partial charge in [0, 0.05) is 0 Å². The molecule has 1 N–H and O–H groups in total. The first-order valence-corrected chi connectivity index (χ1v) is 7.24. The Bertz CT molecular complexity index is 797. The van der Waals surface area contributed by atoms with Gasteiger partial charge >= 0.3 is 24.0 Å². The summed E-state index contributed by atoms with van der Waals surface area (Å²) in [5.41, 5.74) is 1.14. The van der Waals surface area contributed by atoms with E-state index in [0.717, 1.165) is 12.1 Å². The van der Waals surface area contributed by atoms with Crippen LogP contribution >= 0.6 is 0 Å². The van der Waals surface area contributed by atoms with Crippen molar-refractivity contribution < 1.29 is 45.4 Å². The van der Waals surface area contributed by atoms with Gasteiger partial charge in [0.15, 0.2) is 6.61 Å². The number of carboxylic acid groups (broad SMARTS) is 1. The first-order valence-electron chi connectivity index (χ1n) is 7.24. The Morgan fingerprint density at radius 2 is 1.26 bits per heavy atom. The van der Waals surface area contributed by atoms with Crippen LogP contribution in [0.5, 0.6) is 5.75 Å². The molecule has 0 radical (unpaired) electrons. The van der Waals surface area contributed by atoms with E-state index in [4.69, 9.17) is 5.11 Å². The largest absolute Gasteiger partial charge is 0.487 e. The second-order valence-corrected chi connectivity index (χ2v) is 5.47. The molecule has 0 aliphatic rings. The number of halogens is 7. The fourth-order valence-electron chi connectivity index (χ4n) is 2.02. The third kappa shape index (κ3) is 4.32. The fraction of sp³-hybridized carbons (Fsp3) is 0.235. The smallest absolute Gasteiger partial charge is 0.460 e. The van der Waals surface area contributed by atoms with Gasteiger partial charge in [-0.1, -0.05) is 24.3 Å². The molecule has 0 saturated heterocycles. The maximum Gasteiger partial charge on any atom is 0.460 e. The van der Waals surface area contributed by atoms with Crippen LogP contribution < -0.4 is 4.74 Å². The lowest BCUT2D eigenvalue weighted by Gasteiger charge is -2.27. The van der Waals surface area contributed by atoms with E-state index < -0.39 is 30.6 Å². The second kappa shape index (κ2) is 7.09. The minimum absolute atomic E-state index is 0.0477. The second-order valence-electron chi connectivity index (χ2n) is 5.47. The molecule has 0 atom stereocenters. The Morgan fingerprint density at radius 1 is 0.815 bits per heavy atom. The molecule has 0 amide bonds. The summed E-state index contributed by atoms with van der Waals surface area (Å²) in [6.45, 7) is -2.16. The molecule has 2 aromatic rings. The number of alkyl halides is 7. The number of aromatic carboxylic acids is 1. The van der Waals surface area contributed by atoms with Gasteiger partial charge in [-0.05, 0) is 35.4 Å². The van der Waals surface area contributed by atoms with Crippen molar-refractivity contribution in [2.75, 3.05) is 6.61 Å². The van der Waals surface area contributed by atoms with E-state index in [-0.39, 0.29) is 11.3 Å². The van der Waals surface area contributed by atoms with Crippen LogP contribution in [0.15, 0.2) is 48.5 Å². The van der Waals surface area contributed by atoms with E-state index in [1.807, 2.05) is 0 Å². The molecule has 0 fully saturated rings. The summed E-state index contributed by atoms with van der Waals surface area (Å²) in [4.78, 5) is 10.8. The molecular weight excluding hydrogens is 385 g/mol. The van der Waals surface area contributed by atoms with E-state index >= 15 is 0 Å². The predicted molar refractivity (Wildman–Crippen MR) is 80.3 cm³/mol. The maximum absolute atomic E-state index is 13.2. The SMILES string of the molecule is O=C(O)c1ccc(-c2ccc(OCC(F)(F)C(F)(F)C(F)(F)F)cc2)cc1. The minimum Gasteiger partial charge on any atom is -0.487 e. The third-order valence-corrected chi connectivity index (χ3v) is 3.56. The summed E-state index contributed by atoms with van der Waals surface area (Å²) in [7, 11) is 0. The number of hydrogen-bond donors (Lipinski definition) is 1. The molecule has 0 aromatic heterocycles. The van der Waals surface area contributed by atoms with Crippen LogP contribution in [0.2, 0.25) is 0 Å². The van der Waals surface area contributed by atoms with Crippen LogP contribution in [0.3, 0.4) is 0 Å². The van der Waals surface area contributed by atoms with Gasteiger partial charge in [0.1, 0.15) is 5.75 Å². The standard InChI is InChI=1S/C17H11F7O3/c18-15(19,16(20,21)17(22,23)24)9-27-13-7-5-11(6-8-13)10-1-3-12(4-2-10)14(25)26/h1-8H,9H2,(H,25,26). The minimum atomic E-state index is -6.41. The zero-order valence-electron chi connectivity index (χ0n) is 13.2. The highest BCUT2D eigenvalue weighted by Gasteiger charge is 2.73. The molecule has 146 valence electrons. The molecule has 0 unspecified atom stereocenters. The van der Waals surface area contributed by atoms with E-state index in [1.54, 1.807) is 0 Å². The highest BCUT2D eigenvalue weighted by Crippen LogP contribution is 2.46. The molecule has 0 bridgehead atoms. The van der Waals surface area contributed by atoms with Gasteiger partial charge in [-0.15, -0.1) is 0 Å². The van der Waals surface area contributed by atoms with E-state index in [9.17, 15) is 35.5 Å². The van der Waals surface area contributed by atoms with Crippen molar-refractivity contribution in [2.45, 2.75) is 18.0 Å². The number of carboxylic acids is 1. The molecule has 0 heterocycles. The van der Waals surface area contributed by atoms with Crippen molar-refractivity contribution >= 4 is 5.97 Å². The summed E-state index contributed by atoms with van der Waals surface area (Å²) < 4.78 is 92.5. The topological polar surface area (TPSA) is 46.5 Å². The van der Waals surface area contributed by atoms with Gasteiger partial charge in [-0.3, -0.25) is 0 Å². The van der Waals surface area contributed by atoms with Crippen LogP contribution in [0, 0.1) is 0 Å². The summed E-state index contributed by atoms with van der Waals surface area (Å²) in [6.07, 6.45) is -6.41. The fourth-order valence-corrected chi connectivity index (χ4v) is 2.02. The number of ether oxygens (including phenoxy) is 1. The number of benzene rings is 2. The van der Waals surface area contributed by atoms with Crippen molar-refractivity contribution in [1.29, 1.82) is 0 Å². The summed E-state index contributed by atoms with van der Waals surface area (Å²) in [5.74, 6) is -13.1. The number of rotatable bonds is 6. The molecule has 3 nitrogen and oxygen atoms in total. The molecule has 0 aliphatic carbocycles. The first kappa shape index (κ1) is 20.5. The number of carbonyl (C=O) groups is 1. The summed E-state index contributed by atoms with van der Waals surface area (Å²) in [5, 5.41) is 8.81. The van der Waals surface area contributed by atoms with Gasteiger partial charge in [0.2, 0.25) is 0 Å². The quantitative estimate of drug-likeness (QED) is 0.678. The average molecular weight is 396 g/mol. The van der Waals surface area contributed by atoms with Crippen molar-refractivity contribution in [3.8, 4) is 16.9 Å². The summed E-state index contributed by atoms with van der Waals surface area (Å²) in [6, 6.07) is 10.6. The Hall–Kier alpha value is -2.78. The van der Waals surface area contributed by atoms with Crippen LogP contribution in [0.1, 0.15) is 10.4 Å². The maximum atomic E-state index is 13.2. The van der Waals surface area contributed by atoms with Crippen molar-refractivity contribution in [1.82, 2.24) is 0 Å². The molecule has 0 spiro atoms. The Morgan fingerprint density at radius 3 is 1.67 bits per heavy atom.